The van der Waals surface area contributed by atoms with Crippen molar-refractivity contribution in [2.45, 2.75) is 26.7 Å². The number of amides is 3. The number of anilines is 1. The Morgan fingerprint density at radius 2 is 1.44 bits per heavy atom. The van der Waals surface area contributed by atoms with Crippen LogP contribution < -0.4 is 4.90 Å². The van der Waals surface area contributed by atoms with E-state index in [0.29, 0.717) is 43.1 Å². The molecule has 0 unspecified atom stereocenters. The van der Waals surface area contributed by atoms with Crippen LogP contribution in [0.25, 0.3) is 21.9 Å². The van der Waals surface area contributed by atoms with Gasteiger partial charge in [-0.3, -0.25) is 4.90 Å². The van der Waals surface area contributed by atoms with E-state index in [4.69, 9.17) is 0 Å². The number of carboxylic acid groups (broad SMARTS) is 3. The molecule has 2 aromatic carbocycles. The molecule has 0 radical (unpaired) electrons. The molecule has 1 aliphatic rings. The lowest BCUT2D eigenvalue weighted by Crippen LogP contribution is -2.49. The zero-order chi connectivity index (χ0) is 34.6. The number of rotatable bonds is 9. The molecule has 3 amide bonds. The Hall–Kier alpha value is -4.87. The first-order valence-corrected chi connectivity index (χ1v) is 17.0. The Balaban J connectivity index is 1.56. The Kier molecular flexibility index (Phi) is 13.0. The van der Waals surface area contributed by atoms with Gasteiger partial charge in [0.1, 0.15) is 11.1 Å². The van der Waals surface area contributed by atoms with Gasteiger partial charge in [0.15, 0.2) is 0 Å². The van der Waals surface area contributed by atoms with Crippen molar-refractivity contribution < 1.29 is 29.7 Å². The van der Waals surface area contributed by atoms with Gasteiger partial charge in [0, 0.05) is 71.1 Å². The fraction of sp³-hybridized carbons (Fsp3) is 0.441. The van der Waals surface area contributed by atoms with Gasteiger partial charge in [-0.25, -0.2) is 19.4 Å². The maximum atomic E-state index is 12.0. The summed E-state index contributed by atoms with van der Waals surface area (Å²) in [6.07, 6.45) is -0.199. The summed E-state index contributed by atoms with van der Waals surface area (Å²) < 4.78 is 1.01. The van der Waals surface area contributed by atoms with E-state index < -0.39 is 18.3 Å². The van der Waals surface area contributed by atoms with Crippen LogP contribution in [0.3, 0.4) is 0 Å². The third-order valence-electron chi connectivity index (χ3n) is 8.58. The summed E-state index contributed by atoms with van der Waals surface area (Å²) >= 11 is 1.48. The molecule has 1 aromatic heterocycles. The molecule has 4 rings (SSSR count). The van der Waals surface area contributed by atoms with Crippen molar-refractivity contribution >= 4 is 57.2 Å². The predicted molar refractivity (Wildman–Crippen MR) is 187 cm³/mol. The number of allylic oxidation sites excluding steroid dienone is 1. The van der Waals surface area contributed by atoms with Gasteiger partial charge in [0.05, 0.1) is 15.8 Å². The van der Waals surface area contributed by atoms with Crippen LogP contribution in [0.15, 0.2) is 42.5 Å². The number of benzene rings is 2. The van der Waals surface area contributed by atoms with E-state index in [-0.39, 0.29) is 39.3 Å². The zero-order valence-electron chi connectivity index (χ0n) is 27.4. The lowest BCUT2D eigenvalue weighted by molar-refractivity contribution is 0.0984. The molecule has 0 atom stereocenters. The molecule has 0 bridgehead atoms. The highest BCUT2D eigenvalue weighted by Crippen LogP contribution is 2.30. The molecule has 3 N–H and O–H groups in total. The van der Waals surface area contributed by atoms with Crippen molar-refractivity contribution in [2.24, 2.45) is 0 Å². The summed E-state index contributed by atoms with van der Waals surface area (Å²) in [6.45, 7) is 7.45. The number of nitrogens with zero attached hydrogens (tertiary/aromatic N) is 7. The summed E-state index contributed by atoms with van der Waals surface area (Å²) in [5.41, 5.74) is 4.41. The van der Waals surface area contributed by atoms with E-state index in [1.165, 1.54) is 21.1 Å². The second kappa shape index (κ2) is 17.3. The lowest BCUT2D eigenvalue weighted by Gasteiger charge is -2.32. The Morgan fingerprint density at radius 1 is 0.875 bits per heavy atom. The van der Waals surface area contributed by atoms with Gasteiger partial charge in [-0.05, 0) is 74.7 Å². The Morgan fingerprint density at radius 3 is 1.96 bits per heavy atom. The minimum atomic E-state index is -1.22. The van der Waals surface area contributed by atoms with Crippen molar-refractivity contribution in [3.05, 3.63) is 58.6 Å². The number of aryl methyl sites for hydroxylation is 1. The first-order valence-electron chi connectivity index (χ1n) is 16.1. The Bertz CT molecular complexity index is 1590. The van der Waals surface area contributed by atoms with E-state index >= 15 is 0 Å². The van der Waals surface area contributed by atoms with Crippen LogP contribution in [-0.2, 0) is 6.42 Å². The molecule has 0 aliphatic carbocycles. The van der Waals surface area contributed by atoms with Crippen molar-refractivity contribution in [3.8, 4) is 6.07 Å². The SMILES string of the molecule is CCN(CC)c1ccc(/C=C(\C#N)c2nc3ccccc3s2)c(CCCN2CCN(C(=O)O)CCN(C(=O)O)CCN(C(=O)O)CC2)c1. The molecule has 13 nitrogen and oxygen atoms in total. The number of nitriles is 1. The molecule has 1 saturated heterocycles. The molecule has 1 aliphatic heterocycles. The van der Waals surface area contributed by atoms with Gasteiger partial charge in [0.25, 0.3) is 0 Å². The quantitative estimate of drug-likeness (QED) is 0.250. The van der Waals surface area contributed by atoms with Crippen LogP contribution in [0.4, 0.5) is 20.1 Å². The van der Waals surface area contributed by atoms with Crippen LogP contribution in [0.2, 0.25) is 0 Å². The number of aromatic nitrogens is 1. The first-order chi connectivity index (χ1) is 23.1. The molecular formula is C34H43N7O6S. The summed E-state index contributed by atoms with van der Waals surface area (Å²) in [5, 5.41) is 39.9. The number of hydrogen-bond acceptors (Lipinski definition) is 8. The van der Waals surface area contributed by atoms with Crippen LogP contribution in [-0.4, -0.2) is 130 Å². The fourth-order valence-corrected chi connectivity index (χ4v) is 6.70. The molecule has 3 aromatic rings. The van der Waals surface area contributed by atoms with Crippen molar-refractivity contribution in [1.82, 2.24) is 24.6 Å². The highest BCUT2D eigenvalue weighted by molar-refractivity contribution is 7.19. The monoisotopic (exact) mass is 677 g/mol. The molecule has 0 spiro atoms. The first kappa shape index (κ1) is 36.0. The van der Waals surface area contributed by atoms with Crippen LogP contribution in [0, 0.1) is 11.3 Å². The number of hydrogen-bond donors (Lipinski definition) is 3. The number of carbonyl (C=O) groups is 3. The number of para-hydroxylation sites is 1. The summed E-state index contributed by atoms with van der Waals surface area (Å²) in [4.78, 5) is 48.1. The summed E-state index contributed by atoms with van der Waals surface area (Å²) in [7, 11) is 0. The molecule has 2 heterocycles. The molecule has 256 valence electrons. The minimum Gasteiger partial charge on any atom is -0.465 e. The predicted octanol–water partition coefficient (Wildman–Crippen LogP) is 5.39. The van der Waals surface area contributed by atoms with Crippen LogP contribution in [0.5, 0.6) is 0 Å². The van der Waals surface area contributed by atoms with Crippen LogP contribution >= 0.6 is 11.3 Å². The zero-order valence-corrected chi connectivity index (χ0v) is 28.2. The average Bonchev–Trinajstić information content (AvgIpc) is 3.49. The van der Waals surface area contributed by atoms with E-state index in [9.17, 15) is 35.0 Å². The topological polar surface area (TPSA) is 165 Å². The van der Waals surface area contributed by atoms with Gasteiger partial charge in [-0.15, -0.1) is 11.3 Å². The third kappa shape index (κ3) is 9.58. The standard InChI is InChI=1S/C34H43N7O6S/c1-3-38(4-2)28-12-11-26(22-27(24-35)31-36-29-9-5-6-10-30(29)48-31)25(23-28)8-7-13-37-14-16-39(32(42)43)18-20-41(34(46)47)21-19-40(17-15-37)33(44)45/h5-6,9-12,22-23H,3-4,7-8,13-21H2,1-2H3,(H,42,43)(H,44,45)(H,46,47)/b27-22+. The normalized spacial score (nSPS) is 15.4. The number of thiazole rings is 1. The molecule has 1 fully saturated rings. The van der Waals surface area contributed by atoms with Gasteiger partial charge < -0.3 is 34.9 Å². The largest absolute Gasteiger partial charge is 0.465 e. The van der Waals surface area contributed by atoms with E-state index in [0.717, 1.165) is 45.0 Å². The third-order valence-corrected chi connectivity index (χ3v) is 9.65. The molecule has 48 heavy (non-hydrogen) atoms. The lowest BCUT2D eigenvalue weighted by atomic mass is 9.99. The number of fused-ring (bicyclic) bond motifs is 1. The van der Waals surface area contributed by atoms with E-state index in [2.05, 4.69) is 46.8 Å². The maximum Gasteiger partial charge on any atom is 0.407 e. The highest BCUT2D eigenvalue weighted by atomic mass is 32.1. The van der Waals surface area contributed by atoms with E-state index in [1.54, 1.807) is 0 Å². The van der Waals surface area contributed by atoms with Gasteiger partial charge in [-0.2, -0.15) is 5.26 Å². The molecule has 0 saturated carbocycles. The fourth-order valence-electron chi connectivity index (χ4n) is 5.76. The molecule has 14 heteroatoms. The van der Waals surface area contributed by atoms with E-state index in [1.807, 2.05) is 36.4 Å². The summed E-state index contributed by atoms with van der Waals surface area (Å²) in [5.74, 6) is 0. The average molecular weight is 678 g/mol. The molecular weight excluding hydrogens is 634 g/mol. The van der Waals surface area contributed by atoms with Crippen molar-refractivity contribution in [2.75, 3.05) is 76.9 Å². The maximum absolute atomic E-state index is 12.0. The Labute approximate surface area is 284 Å². The van der Waals surface area contributed by atoms with Gasteiger partial charge in [-0.1, -0.05) is 18.2 Å². The van der Waals surface area contributed by atoms with Crippen molar-refractivity contribution in [3.63, 3.8) is 0 Å². The van der Waals surface area contributed by atoms with Gasteiger partial charge >= 0.3 is 18.3 Å². The highest BCUT2D eigenvalue weighted by Gasteiger charge is 2.22. The van der Waals surface area contributed by atoms with Crippen molar-refractivity contribution in [1.29, 1.82) is 5.26 Å². The smallest absolute Gasteiger partial charge is 0.407 e. The van der Waals surface area contributed by atoms with Gasteiger partial charge in [0.2, 0.25) is 0 Å². The second-order valence-corrected chi connectivity index (χ2v) is 12.5. The van der Waals surface area contributed by atoms with Crippen LogP contribution in [0.1, 0.15) is 36.4 Å². The second-order valence-electron chi connectivity index (χ2n) is 11.5. The minimum absolute atomic E-state index is 0.00767. The summed E-state index contributed by atoms with van der Waals surface area (Å²) in [6, 6.07) is 16.4.